The van der Waals surface area contributed by atoms with Crippen LogP contribution in [-0.2, 0) is 17.8 Å². The number of anilines is 1. The molecule has 2 N–H and O–H groups in total. The van der Waals surface area contributed by atoms with Gasteiger partial charge in [0.25, 0.3) is 5.91 Å². The largest absolute Gasteiger partial charge is 0.406 e. The van der Waals surface area contributed by atoms with Crippen LogP contribution in [0.15, 0.2) is 41.2 Å². The van der Waals surface area contributed by atoms with Gasteiger partial charge in [-0.3, -0.25) is 9.48 Å². The average Bonchev–Trinajstić information content (AvgIpc) is 3.76. The quantitative estimate of drug-likeness (QED) is 0.249. The molecule has 0 radical (unpaired) electrons. The Hall–Kier alpha value is -3.98. The number of methoxy groups -OCH3 is 1. The predicted molar refractivity (Wildman–Crippen MR) is 157 cm³/mol. The van der Waals surface area contributed by atoms with Gasteiger partial charge < -0.3 is 29.4 Å². The normalized spacial score (nSPS) is 23.0. The van der Waals surface area contributed by atoms with Crippen molar-refractivity contribution in [2.75, 3.05) is 32.6 Å². The highest BCUT2D eigenvalue weighted by molar-refractivity contribution is 5.96. The van der Waals surface area contributed by atoms with Crippen LogP contribution >= 0.6 is 0 Å². The molecule has 11 nitrogen and oxygen atoms in total. The van der Waals surface area contributed by atoms with Crippen LogP contribution in [0, 0.1) is 0 Å². The minimum Gasteiger partial charge on any atom is -0.379 e. The number of alkyl halides is 4. The number of ether oxygens (including phenoxy) is 1. The first kappa shape index (κ1) is 31.0. The molecule has 15 heteroatoms. The number of hydrogen-bond donors (Lipinski definition) is 2. The zero-order valence-electron chi connectivity index (χ0n) is 25.1. The summed E-state index contributed by atoms with van der Waals surface area (Å²) in [6.45, 7) is -0.451. The van der Waals surface area contributed by atoms with Crippen molar-refractivity contribution < 1.29 is 31.6 Å². The molecule has 6 rings (SSSR count). The number of rotatable bonds is 9. The third-order valence-corrected chi connectivity index (χ3v) is 8.64. The van der Waals surface area contributed by atoms with E-state index < -0.39 is 30.8 Å². The van der Waals surface area contributed by atoms with E-state index in [2.05, 4.69) is 25.9 Å². The lowest BCUT2D eigenvalue weighted by molar-refractivity contribution is -0.139. The van der Waals surface area contributed by atoms with Gasteiger partial charge in [-0.2, -0.15) is 23.3 Å². The molecule has 1 aromatic carbocycles. The smallest absolute Gasteiger partial charge is 0.379 e. The lowest BCUT2D eigenvalue weighted by Gasteiger charge is -2.33. The van der Waals surface area contributed by atoms with Gasteiger partial charge in [0.15, 0.2) is 0 Å². The number of carbonyl (C=O) groups is 1. The maximum atomic E-state index is 14.8. The first-order valence-corrected chi connectivity index (χ1v) is 15.1. The predicted octanol–water partition coefficient (Wildman–Crippen LogP) is 4.96. The topological polar surface area (TPSA) is 115 Å². The van der Waals surface area contributed by atoms with Crippen molar-refractivity contribution in [1.29, 1.82) is 0 Å². The molecule has 242 valence electrons. The summed E-state index contributed by atoms with van der Waals surface area (Å²) in [6, 6.07) is 6.04. The van der Waals surface area contributed by atoms with Crippen LogP contribution < -0.4 is 10.6 Å². The third kappa shape index (κ3) is 6.83. The average molecular weight is 633 g/mol. The van der Waals surface area contributed by atoms with Crippen molar-refractivity contribution in [3.05, 3.63) is 48.1 Å². The molecule has 1 amide bonds. The summed E-state index contributed by atoms with van der Waals surface area (Å²) in [5.41, 5.74) is 1.25. The molecule has 4 aromatic rings. The Morgan fingerprint density at radius 3 is 2.80 bits per heavy atom. The number of nitrogens with one attached hydrogen (secondary N) is 2. The summed E-state index contributed by atoms with van der Waals surface area (Å²) >= 11 is 0. The van der Waals surface area contributed by atoms with E-state index in [1.165, 1.54) is 6.20 Å². The number of nitrogens with zero attached hydrogens (tertiary/aromatic N) is 6. The van der Waals surface area contributed by atoms with Gasteiger partial charge in [-0.1, -0.05) is 24.1 Å². The monoisotopic (exact) mass is 632 g/mol. The van der Waals surface area contributed by atoms with E-state index in [0.29, 0.717) is 35.1 Å². The maximum Gasteiger partial charge on any atom is 0.406 e. The Bertz CT molecular complexity index is 1630. The summed E-state index contributed by atoms with van der Waals surface area (Å²) in [7, 11) is 3.52. The Morgan fingerprint density at radius 1 is 1.20 bits per heavy atom. The number of benzene rings is 1. The van der Waals surface area contributed by atoms with Gasteiger partial charge >= 0.3 is 6.18 Å². The molecule has 0 unspecified atom stereocenters. The molecular formula is C30H36F4N8O3. The molecule has 4 heterocycles. The van der Waals surface area contributed by atoms with Gasteiger partial charge in [-0.05, 0) is 44.5 Å². The summed E-state index contributed by atoms with van der Waals surface area (Å²) in [6.07, 6.45) is 2.05. The molecule has 1 saturated heterocycles. The number of hydrogen-bond acceptors (Lipinski definition) is 8. The number of likely N-dealkylation sites (tertiary alicyclic amines) is 1. The fourth-order valence-electron chi connectivity index (χ4n) is 6.34. The van der Waals surface area contributed by atoms with E-state index in [1.807, 2.05) is 11.9 Å². The van der Waals surface area contributed by atoms with Gasteiger partial charge in [-0.15, -0.1) is 0 Å². The van der Waals surface area contributed by atoms with E-state index >= 15 is 0 Å². The highest BCUT2D eigenvalue weighted by Crippen LogP contribution is 2.35. The maximum absolute atomic E-state index is 14.8. The van der Waals surface area contributed by atoms with Gasteiger partial charge in [0.05, 0.1) is 47.7 Å². The Labute approximate surface area is 256 Å². The molecule has 1 aliphatic heterocycles. The third-order valence-electron chi connectivity index (χ3n) is 8.64. The van der Waals surface area contributed by atoms with E-state index in [1.54, 1.807) is 42.3 Å². The summed E-state index contributed by atoms with van der Waals surface area (Å²) in [5, 5.41) is 14.7. The molecule has 1 saturated carbocycles. The number of fused-ring (bicyclic) bond motifs is 1. The molecule has 1 aliphatic carbocycles. The lowest BCUT2D eigenvalue weighted by Crippen LogP contribution is -2.46. The fraction of sp³-hybridized carbons (Fsp3) is 0.533. The van der Waals surface area contributed by atoms with Crippen molar-refractivity contribution in [2.45, 2.75) is 75.7 Å². The van der Waals surface area contributed by atoms with Crippen LogP contribution in [0.3, 0.4) is 0 Å². The lowest BCUT2D eigenvalue weighted by atomic mass is 9.92. The highest BCUT2D eigenvalue weighted by Gasteiger charge is 2.33. The summed E-state index contributed by atoms with van der Waals surface area (Å²) in [5.74, 6) is -0.456. The molecular weight excluding hydrogens is 596 g/mol. The van der Waals surface area contributed by atoms with Gasteiger partial charge in [0.1, 0.15) is 12.7 Å². The second kappa shape index (κ2) is 12.8. The Morgan fingerprint density at radius 2 is 2.02 bits per heavy atom. The number of carbonyl (C=O) groups excluding carboxylic acids is 1. The van der Waals surface area contributed by atoms with Crippen molar-refractivity contribution in [2.24, 2.45) is 0 Å². The van der Waals surface area contributed by atoms with Crippen LogP contribution in [0.5, 0.6) is 0 Å². The van der Waals surface area contributed by atoms with E-state index in [4.69, 9.17) is 9.26 Å². The molecule has 2 aliphatic rings. The van der Waals surface area contributed by atoms with Gasteiger partial charge in [-0.25, -0.2) is 4.39 Å². The fourth-order valence-corrected chi connectivity index (χ4v) is 6.34. The summed E-state index contributed by atoms with van der Waals surface area (Å²) in [4.78, 5) is 19.1. The molecule has 0 spiro atoms. The van der Waals surface area contributed by atoms with Crippen molar-refractivity contribution >= 4 is 22.5 Å². The van der Waals surface area contributed by atoms with Gasteiger partial charge in [0, 0.05) is 37.5 Å². The highest BCUT2D eigenvalue weighted by atomic mass is 19.4. The SMILES string of the molecule is CO[C@@H]1CCCC[C@H]1n1cc(C(=O)NCc2nc(-c3cc4c(N[C@@H]5CCN(C)C[C@@H]5F)cccc4n3CC(F)(F)F)no2)cn1. The molecule has 3 aromatic heterocycles. The van der Waals surface area contributed by atoms with Gasteiger partial charge in [0.2, 0.25) is 11.7 Å². The number of halogens is 4. The molecule has 0 bridgehead atoms. The summed E-state index contributed by atoms with van der Waals surface area (Å²) < 4.78 is 69.7. The Kier molecular flexibility index (Phi) is 8.82. The minimum absolute atomic E-state index is 0.0197. The van der Waals surface area contributed by atoms with Crippen LogP contribution in [0.25, 0.3) is 22.4 Å². The van der Waals surface area contributed by atoms with Crippen LogP contribution in [0.4, 0.5) is 23.2 Å². The number of amides is 1. The van der Waals surface area contributed by atoms with E-state index in [0.717, 1.165) is 30.3 Å². The van der Waals surface area contributed by atoms with Crippen LogP contribution in [-0.4, -0.2) is 87.0 Å². The standard InChI is InChI=1S/C30H36F4N8O3/c1-40-11-10-22(20(31)16-40)37-21-6-5-8-23-19(21)12-25(41(23)17-30(32,33)34)28-38-27(45-39-28)14-35-29(43)18-13-36-42(15-18)24-7-3-4-9-26(24)44-2/h5-6,8,12-13,15,20,22,24,26,37H,3-4,7,9-11,14,16-17H2,1-2H3,(H,35,43)/t20-,22+,24+,26+/m0/s1. The second-order valence-corrected chi connectivity index (χ2v) is 11.8. The first-order chi connectivity index (χ1) is 21.6. The molecule has 45 heavy (non-hydrogen) atoms. The van der Waals surface area contributed by atoms with Crippen LogP contribution in [0.2, 0.25) is 0 Å². The van der Waals surface area contributed by atoms with E-state index in [-0.39, 0.29) is 42.6 Å². The Balaban J connectivity index is 1.20. The number of aromatic nitrogens is 5. The van der Waals surface area contributed by atoms with Crippen molar-refractivity contribution in [3.8, 4) is 11.5 Å². The number of piperidine rings is 1. The molecule has 2 fully saturated rings. The van der Waals surface area contributed by atoms with Crippen LogP contribution in [0.1, 0.15) is 54.4 Å². The van der Waals surface area contributed by atoms with Crippen molar-refractivity contribution in [3.63, 3.8) is 0 Å². The van der Waals surface area contributed by atoms with E-state index in [9.17, 15) is 22.4 Å². The zero-order valence-corrected chi connectivity index (χ0v) is 25.1. The first-order valence-electron chi connectivity index (χ1n) is 15.1. The second-order valence-electron chi connectivity index (χ2n) is 11.8. The minimum atomic E-state index is -4.53. The zero-order chi connectivity index (χ0) is 31.7. The molecule has 4 atom stereocenters. The van der Waals surface area contributed by atoms with Crippen molar-refractivity contribution in [1.82, 2.24) is 34.7 Å².